The molecular formula is C21H23N3O4. The van der Waals surface area contributed by atoms with Crippen molar-refractivity contribution in [2.75, 3.05) is 11.5 Å². The van der Waals surface area contributed by atoms with E-state index in [1.54, 1.807) is 4.90 Å². The molecule has 7 nitrogen and oxygen atoms in total. The summed E-state index contributed by atoms with van der Waals surface area (Å²) in [6.45, 7) is 1.55. The lowest BCUT2D eigenvalue weighted by Crippen LogP contribution is -2.47. The summed E-state index contributed by atoms with van der Waals surface area (Å²) < 4.78 is 5.21. The predicted octanol–water partition coefficient (Wildman–Crippen LogP) is 1.79. The van der Waals surface area contributed by atoms with Crippen LogP contribution in [0.1, 0.15) is 18.1 Å². The number of hydrogen-bond acceptors (Lipinski definition) is 4. The van der Waals surface area contributed by atoms with Gasteiger partial charge in [-0.1, -0.05) is 48.5 Å². The number of anilines is 1. The van der Waals surface area contributed by atoms with Crippen LogP contribution in [0.3, 0.4) is 0 Å². The highest BCUT2D eigenvalue weighted by atomic mass is 16.5. The third kappa shape index (κ3) is 4.49. The Balaban J connectivity index is 1.63. The third-order valence-corrected chi connectivity index (χ3v) is 4.70. The minimum Gasteiger partial charge on any atom is -0.454 e. The Morgan fingerprint density at radius 1 is 1.14 bits per heavy atom. The monoisotopic (exact) mass is 381 g/mol. The molecule has 0 radical (unpaired) electrons. The zero-order chi connectivity index (χ0) is 20.1. The summed E-state index contributed by atoms with van der Waals surface area (Å²) in [5.41, 5.74) is 7.95. The lowest BCUT2D eigenvalue weighted by molar-refractivity contribution is -0.149. The summed E-state index contributed by atoms with van der Waals surface area (Å²) >= 11 is 0. The van der Waals surface area contributed by atoms with Gasteiger partial charge in [0.25, 0.3) is 5.91 Å². The SMILES string of the molecule is C[C@@H]1Cc2ccccc2N1C(=O)COC(=O)[C@H](Cc1ccccc1)NC(N)=O. The van der Waals surface area contributed by atoms with Crippen molar-refractivity contribution >= 4 is 23.6 Å². The van der Waals surface area contributed by atoms with E-state index in [2.05, 4.69) is 5.32 Å². The Labute approximate surface area is 163 Å². The summed E-state index contributed by atoms with van der Waals surface area (Å²) in [7, 11) is 0. The summed E-state index contributed by atoms with van der Waals surface area (Å²) in [4.78, 5) is 38.0. The molecule has 1 aliphatic rings. The Kier molecular flexibility index (Phi) is 5.93. The number of urea groups is 1. The van der Waals surface area contributed by atoms with Crippen LogP contribution in [-0.4, -0.2) is 36.6 Å². The molecule has 2 aromatic carbocycles. The fourth-order valence-corrected chi connectivity index (χ4v) is 3.46. The highest BCUT2D eigenvalue weighted by Gasteiger charge is 2.31. The van der Waals surface area contributed by atoms with Crippen LogP contribution in [0.15, 0.2) is 54.6 Å². The summed E-state index contributed by atoms with van der Waals surface area (Å²) in [6.07, 6.45) is 0.982. The molecule has 28 heavy (non-hydrogen) atoms. The number of esters is 1. The smallest absolute Gasteiger partial charge is 0.329 e. The first-order chi connectivity index (χ1) is 13.5. The van der Waals surface area contributed by atoms with Crippen molar-refractivity contribution in [1.29, 1.82) is 0 Å². The number of hydrogen-bond donors (Lipinski definition) is 2. The normalized spacial score (nSPS) is 16.2. The minimum absolute atomic E-state index is 0.00698. The average Bonchev–Trinajstić information content (AvgIpc) is 3.01. The van der Waals surface area contributed by atoms with Crippen LogP contribution in [-0.2, 0) is 27.2 Å². The van der Waals surface area contributed by atoms with Crippen molar-refractivity contribution in [2.24, 2.45) is 5.73 Å². The molecule has 2 aromatic rings. The van der Waals surface area contributed by atoms with Crippen molar-refractivity contribution in [3.8, 4) is 0 Å². The molecule has 0 spiro atoms. The number of primary amides is 1. The first-order valence-corrected chi connectivity index (χ1v) is 9.12. The fraction of sp³-hybridized carbons (Fsp3) is 0.286. The summed E-state index contributed by atoms with van der Waals surface area (Å²) in [5, 5.41) is 2.39. The molecule has 1 heterocycles. The van der Waals surface area contributed by atoms with Gasteiger partial charge in [-0.25, -0.2) is 9.59 Å². The number of benzene rings is 2. The molecule has 2 atom stereocenters. The number of carbonyl (C=O) groups excluding carboxylic acids is 3. The average molecular weight is 381 g/mol. The Morgan fingerprint density at radius 2 is 1.82 bits per heavy atom. The first kappa shape index (κ1) is 19.4. The molecule has 7 heteroatoms. The second kappa shape index (κ2) is 8.56. The molecule has 0 saturated heterocycles. The van der Waals surface area contributed by atoms with Crippen LogP contribution in [0.4, 0.5) is 10.5 Å². The van der Waals surface area contributed by atoms with Crippen LogP contribution in [0, 0.1) is 0 Å². The van der Waals surface area contributed by atoms with Crippen LogP contribution in [0.25, 0.3) is 0 Å². The maximum atomic E-state index is 12.7. The maximum absolute atomic E-state index is 12.7. The van der Waals surface area contributed by atoms with Gasteiger partial charge in [-0.2, -0.15) is 0 Å². The number of nitrogens with two attached hydrogens (primary N) is 1. The molecule has 0 saturated carbocycles. The van der Waals surface area contributed by atoms with Gasteiger partial charge in [-0.3, -0.25) is 4.79 Å². The second-order valence-electron chi connectivity index (χ2n) is 6.80. The van der Waals surface area contributed by atoms with E-state index in [4.69, 9.17) is 10.5 Å². The van der Waals surface area contributed by atoms with E-state index >= 15 is 0 Å². The van der Waals surface area contributed by atoms with Crippen molar-refractivity contribution in [2.45, 2.75) is 31.8 Å². The topological polar surface area (TPSA) is 102 Å². The van der Waals surface area contributed by atoms with Gasteiger partial charge in [0.05, 0.1) is 0 Å². The molecule has 0 aliphatic carbocycles. The van der Waals surface area contributed by atoms with Gasteiger partial charge in [-0.05, 0) is 30.5 Å². The van der Waals surface area contributed by atoms with Crippen LogP contribution >= 0.6 is 0 Å². The minimum atomic E-state index is -0.962. The zero-order valence-corrected chi connectivity index (χ0v) is 15.6. The Hall–Kier alpha value is -3.35. The quantitative estimate of drug-likeness (QED) is 0.745. The van der Waals surface area contributed by atoms with Gasteiger partial charge in [0.1, 0.15) is 6.04 Å². The molecule has 0 fully saturated rings. The Morgan fingerprint density at radius 3 is 2.54 bits per heavy atom. The van der Waals surface area contributed by atoms with Crippen molar-refractivity contribution in [3.63, 3.8) is 0 Å². The van der Waals surface area contributed by atoms with Crippen molar-refractivity contribution in [1.82, 2.24) is 5.32 Å². The van der Waals surface area contributed by atoms with E-state index < -0.39 is 24.6 Å². The van der Waals surface area contributed by atoms with E-state index in [9.17, 15) is 14.4 Å². The van der Waals surface area contributed by atoms with Crippen molar-refractivity contribution < 1.29 is 19.1 Å². The maximum Gasteiger partial charge on any atom is 0.329 e. The van der Waals surface area contributed by atoms with Gasteiger partial charge in [0.2, 0.25) is 0 Å². The highest BCUT2D eigenvalue weighted by Crippen LogP contribution is 2.31. The van der Waals surface area contributed by atoms with Crippen molar-refractivity contribution in [3.05, 3.63) is 65.7 Å². The molecular weight excluding hydrogens is 358 g/mol. The van der Waals surface area contributed by atoms with Gasteiger partial charge >= 0.3 is 12.0 Å². The van der Waals surface area contributed by atoms with E-state index in [1.807, 2.05) is 61.5 Å². The molecule has 3 N–H and O–H groups in total. The van der Waals surface area contributed by atoms with Crippen LogP contribution in [0.2, 0.25) is 0 Å². The highest BCUT2D eigenvalue weighted by molar-refractivity contribution is 5.98. The van der Waals surface area contributed by atoms with Gasteiger partial charge in [-0.15, -0.1) is 0 Å². The number of nitrogens with zero attached hydrogens (tertiary/aromatic N) is 1. The third-order valence-electron chi connectivity index (χ3n) is 4.70. The van der Waals surface area contributed by atoms with E-state index in [-0.39, 0.29) is 18.4 Å². The number of ether oxygens (including phenoxy) is 1. The molecule has 1 aliphatic heterocycles. The molecule has 0 unspecified atom stereocenters. The number of para-hydroxylation sites is 1. The molecule has 146 valence electrons. The predicted molar refractivity (Wildman–Crippen MR) is 105 cm³/mol. The van der Waals surface area contributed by atoms with Gasteiger partial charge < -0.3 is 20.7 Å². The second-order valence-corrected chi connectivity index (χ2v) is 6.80. The number of rotatable bonds is 6. The fourth-order valence-electron chi connectivity index (χ4n) is 3.46. The lowest BCUT2D eigenvalue weighted by atomic mass is 10.1. The number of fused-ring (bicyclic) bond motifs is 1. The lowest BCUT2D eigenvalue weighted by Gasteiger charge is -2.23. The van der Waals surface area contributed by atoms with Gasteiger partial charge in [0, 0.05) is 18.2 Å². The largest absolute Gasteiger partial charge is 0.454 e. The molecule has 3 rings (SSSR count). The summed E-state index contributed by atoms with van der Waals surface area (Å²) in [5.74, 6) is -1.00. The van der Waals surface area contributed by atoms with E-state index in [0.717, 1.165) is 23.2 Å². The standard InChI is InChI=1S/C21H23N3O4/c1-14-11-16-9-5-6-10-18(16)24(14)19(25)13-28-20(26)17(23-21(22)27)12-15-7-3-2-4-8-15/h2-10,14,17H,11-13H2,1H3,(H3,22,23,27)/t14-,17+/m1/s1. The van der Waals surface area contributed by atoms with E-state index in [1.165, 1.54) is 0 Å². The number of nitrogens with one attached hydrogen (secondary N) is 1. The molecule has 0 bridgehead atoms. The van der Waals surface area contributed by atoms with Crippen LogP contribution in [0.5, 0.6) is 0 Å². The number of amides is 3. The first-order valence-electron chi connectivity index (χ1n) is 9.12. The summed E-state index contributed by atoms with van der Waals surface area (Å²) in [6, 6.07) is 15.0. The van der Waals surface area contributed by atoms with Gasteiger partial charge in [0.15, 0.2) is 6.61 Å². The zero-order valence-electron chi connectivity index (χ0n) is 15.6. The molecule has 3 amide bonds. The Bertz CT molecular complexity index is 869. The van der Waals surface area contributed by atoms with Crippen LogP contribution < -0.4 is 16.0 Å². The van der Waals surface area contributed by atoms with E-state index in [0.29, 0.717) is 0 Å². The number of carbonyl (C=O) groups is 3. The molecule has 0 aromatic heterocycles.